The molecule has 5 nitrogen and oxygen atoms in total. The Hall–Kier alpha value is -5.94. The standard InChI is InChI=1S/C29H31N3O.C26H28O/c1-28(2)13-14-29(3,4)22-15-18(11-12-21(22)28)19-9-10-20-17-26(31-25(20)16-19)27(33)32-24-8-6-5-7-23(24)30;1-17(27)18-6-7-20-15-21(9-8-19(20)14-18)22-10-11-23-24(16-22)26(4,5)13-12-25(23,2)3/h5-12,15-17,31H,13-14,30H2,1-4H3,(H,32,33);6-11,14-16H,12-13H2,1-5H3. The van der Waals surface area contributed by atoms with Crippen molar-refractivity contribution in [2.75, 3.05) is 11.1 Å². The van der Waals surface area contributed by atoms with Crippen LogP contribution in [0.15, 0.2) is 121 Å². The van der Waals surface area contributed by atoms with Crippen LogP contribution in [0.3, 0.4) is 0 Å². The van der Waals surface area contributed by atoms with Crippen LogP contribution in [0.5, 0.6) is 0 Å². The van der Waals surface area contributed by atoms with E-state index in [1.807, 2.05) is 30.3 Å². The Morgan fingerprint density at radius 3 is 1.55 bits per heavy atom. The Balaban J connectivity index is 0.000000170. The highest BCUT2D eigenvalue weighted by molar-refractivity contribution is 6.07. The molecule has 1 amide bonds. The molecule has 0 atom stereocenters. The summed E-state index contributed by atoms with van der Waals surface area (Å²) in [6, 6.07) is 41.9. The second kappa shape index (κ2) is 15.0. The lowest BCUT2D eigenvalue weighted by Gasteiger charge is -2.42. The van der Waals surface area contributed by atoms with Gasteiger partial charge in [0, 0.05) is 16.5 Å². The number of aromatic nitrogens is 1. The molecule has 0 saturated carbocycles. The molecule has 9 rings (SSSR count). The van der Waals surface area contributed by atoms with Gasteiger partial charge in [0.2, 0.25) is 0 Å². The second-order valence-electron chi connectivity index (χ2n) is 19.9. The van der Waals surface area contributed by atoms with Crippen molar-refractivity contribution in [3.63, 3.8) is 0 Å². The van der Waals surface area contributed by atoms with Gasteiger partial charge in [0.1, 0.15) is 5.69 Å². The summed E-state index contributed by atoms with van der Waals surface area (Å²) in [6.07, 6.45) is 4.86. The van der Waals surface area contributed by atoms with Gasteiger partial charge < -0.3 is 16.0 Å². The van der Waals surface area contributed by atoms with Gasteiger partial charge in [0.25, 0.3) is 5.91 Å². The van der Waals surface area contributed by atoms with Gasteiger partial charge in [-0.15, -0.1) is 0 Å². The van der Waals surface area contributed by atoms with Gasteiger partial charge in [-0.05, 0) is 146 Å². The summed E-state index contributed by atoms with van der Waals surface area (Å²) in [5.74, 6) is -0.0936. The summed E-state index contributed by atoms with van der Waals surface area (Å²) in [5.41, 5.74) is 20.9. The number of aromatic amines is 1. The molecule has 60 heavy (non-hydrogen) atoms. The van der Waals surface area contributed by atoms with Gasteiger partial charge in [-0.25, -0.2) is 0 Å². The molecule has 0 spiro atoms. The minimum atomic E-state index is -0.205. The fraction of sp³-hybridized carbons (Fsp3) is 0.309. The van der Waals surface area contributed by atoms with Crippen LogP contribution in [-0.2, 0) is 21.7 Å². The molecule has 1 aromatic heterocycles. The minimum absolute atomic E-state index is 0.112. The third kappa shape index (κ3) is 7.78. The highest BCUT2D eigenvalue weighted by atomic mass is 16.2. The smallest absolute Gasteiger partial charge is 0.272 e. The Morgan fingerprint density at radius 1 is 0.517 bits per heavy atom. The van der Waals surface area contributed by atoms with Crippen LogP contribution in [0.4, 0.5) is 11.4 Å². The normalized spacial score (nSPS) is 16.9. The van der Waals surface area contributed by atoms with E-state index in [-0.39, 0.29) is 33.4 Å². The van der Waals surface area contributed by atoms with Crippen molar-refractivity contribution in [2.45, 2.75) is 110 Å². The Kier molecular flexibility index (Phi) is 10.2. The topological polar surface area (TPSA) is 88.0 Å². The lowest BCUT2D eigenvalue weighted by molar-refractivity contribution is 0.101. The first-order chi connectivity index (χ1) is 28.3. The van der Waals surface area contributed by atoms with Crippen molar-refractivity contribution in [1.82, 2.24) is 4.98 Å². The molecule has 306 valence electrons. The van der Waals surface area contributed by atoms with Crippen molar-refractivity contribution in [1.29, 1.82) is 0 Å². The molecule has 0 fully saturated rings. The number of Topliss-reactive ketones (excluding diaryl/α,β-unsaturated/α-hetero) is 1. The van der Waals surface area contributed by atoms with E-state index in [0.717, 1.165) is 27.4 Å². The van der Waals surface area contributed by atoms with Gasteiger partial charge in [0.15, 0.2) is 5.78 Å². The highest BCUT2D eigenvalue weighted by Crippen LogP contribution is 2.48. The number of fused-ring (bicyclic) bond motifs is 4. The maximum absolute atomic E-state index is 12.8. The van der Waals surface area contributed by atoms with Gasteiger partial charge in [-0.3, -0.25) is 9.59 Å². The number of para-hydroxylation sites is 2. The average Bonchev–Trinajstić information content (AvgIpc) is 3.66. The molecule has 0 saturated heterocycles. The fourth-order valence-electron chi connectivity index (χ4n) is 9.41. The first kappa shape index (κ1) is 40.8. The Morgan fingerprint density at radius 2 is 0.983 bits per heavy atom. The first-order valence-corrected chi connectivity index (χ1v) is 21.5. The maximum atomic E-state index is 12.8. The molecule has 5 heteroatoms. The Bertz CT molecular complexity index is 2820. The van der Waals surface area contributed by atoms with Crippen molar-refractivity contribution in [3.8, 4) is 22.3 Å². The predicted octanol–water partition coefficient (Wildman–Crippen LogP) is 14.1. The number of nitrogen functional groups attached to an aromatic ring is 1. The van der Waals surface area contributed by atoms with E-state index in [0.29, 0.717) is 17.1 Å². The van der Waals surface area contributed by atoms with Gasteiger partial charge >= 0.3 is 0 Å². The summed E-state index contributed by atoms with van der Waals surface area (Å²) in [7, 11) is 0. The number of nitrogens with two attached hydrogens (primary N) is 1. The number of nitrogens with one attached hydrogen (secondary N) is 2. The van der Waals surface area contributed by atoms with E-state index in [1.165, 1.54) is 70.0 Å². The zero-order chi connectivity index (χ0) is 42.8. The zero-order valence-electron chi connectivity index (χ0n) is 36.8. The lowest BCUT2D eigenvalue weighted by Crippen LogP contribution is -2.33. The van der Waals surface area contributed by atoms with Crippen molar-refractivity contribution < 1.29 is 9.59 Å². The number of benzene rings is 6. The number of amides is 1. The van der Waals surface area contributed by atoms with Crippen LogP contribution in [0.25, 0.3) is 43.9 Å². The summed E-state index contributed by atoms with van der Waals surface area (Å²) in [5, 5.41) is 6.19. The number of carbonyl (C=O) groups is 2. The molecular weight excluding hydrogens is 735 g/mol. The third-order valence-corrected chi connectivity index (χ3v) is 13.7. The zero-order valence-corrected chi connectivity index (χ0v) is 36.8. The number of hydrogen-bond donors (Lipinski definition) is 3. The number of anilines is 2. The van der Waals surface area contributed by atoms with E-state index in [4.69, 9.17) is 5.73 Å². The Labute approximate surface area is 355 Å². The number of rotatable bonds is 5. The lowest BCUT2D eigenvalue weighted by atomic mass is 9.63. The predicted molar refractivity (Wildman–Crippen MR) is 253 cm³/mol. The minimum Gasteiger partial charge on any atom is -0.397 e. The van der Waals surface area contributed by atoms with E-state index in [1.54, 1.807) is 19.1 Å². The van der Waals surface area contributed by atoms with Gasteiger partial charge in [0.05, 0.1) is 11.4 Å². The molecule has 0 aliphatic heterocycles. The van der Waals surface area contributed by atoms with Crippen molar-refractivity contribution in [3.05, 3.63) is 155 Å². The second-order valence-corrected chi connectivity index (χ2v) is 19.9. The quantitative estimate of drug-likeness (QED) is 0.120. The fourth-order valence-corrected chi connectivity index (χ4v) is 9.41. The van der Waals surface area contributed by atoms with Crippen LogP contribution in [-0.4, -0.2) is 16.7 Å². The number of ketones is 1. The number of hydrogen-bond acceptors (Lipinski definition) is 3. The van der Waals surface area contributed by atoms with E-state index in [9.17, 15) is 9.59 Å². The molecule has 1 heterocycles. The molecular formula is C55H59N3O2. The van der Waals surface area contributed by atoms with Gasteiger partial charge in [-0.1, -0.05) is 140 Å². The van der Waals surface area contributed by atoms with E-state index < -0.39 is 0 Å². The van der Waals surface area contributed by atoms with Crippen LogP contribution in [0.1, 0.15) is 131 Å². The molecule has 6 aromatic carbocycles. The van der Waals surface area contributed by atoms with Crippen LogP contribution in [0.2, 0.25) is 0 Å². The van der Waals surface area contributed by atoms with E-state index in [2.05, 4.69) is 145 Å². The maximum Gasteiger partial charge on any atom is 0.272 e. The first-order valence-electron chi connectivity index (χ1n) is 21.5. The summed E-state index contributed by atoms with van der Waals surface area (Å²) in [6.45, 7) is 20.5. The summed E-state index contributed by atoms with van der Waals surface area (Å²) in [4.78, 5) is 27.7. The number of H-pyrrole nitrogens is 1. The van der Waals surface area contributed by atoms with E-state index >= 15 is 0 Å². The van der Waals surface area contributed by atoms with Crippen LogP contribution < -0.4 is 11.1 Å². The molecule has 2 aliphatic rings. The molecule has 7 aromatic rings. The SMILES string of the molecule is CC(=O)c1ccc2cc(-c3ccc4c(c3)C(C)(C)CCC4(C)C)ccc2c1.CC1(C)CCC(C)(C)c2cc(-c3ccc4cc(C(=O)Nc5ccccc5N)[nH]c4c3)ccc21. The summed E-state index contributed by atoms with van der Waals surface area (Å²) >= 11 is 0. The average molecular weight is 794 g/mol. The third-order valence-electron chi connectivity index (χ3n) is 13.7. The van der Waals surface area contributed by atoms with Crippen LogP contribution >= 0.6 is 0 Å². The van der Waals surface area contributed by atoms with Crippen molar-refractivity contribution >= 4 is 44.7 Å². The molecule has 0 bridgehead atoms. The molecule has 0 unspecified atom stereocenters. The molecule has 0 radical (unpaired) electrons. The molecule has 2 aliphatic carbocycles. The number of carbonyl (C=O) groups excluding carboxylic acids is 2. The monoisotopic (exact) mass is 793 g/mol. The largest absolute Gasteiger partial charge is 0.397 e. The van der Waals surface area contributed by atoms with Crippen molar-refractivity contribution in [2.24, 2.45) is 0 Å². The summed E-state index contributed by atoms with van der Waals surface area (Å²) < 4.78 is 0. The highest BCUT2D eigenvalue weighted by Gasteiger charge is 2.38. The van der Waals surface area contributed by atoms with Gasteiger partial charge in [-0.2, -0.15) is 0 Å². The molecule has 4 N–H and O–H groups in total. The van der Waals surface area contributed by atoms with Crippen LogP contribution in [0, 0.1) is 0 Å².